The molecule has 1 unspecified atom stereocenters. The first-order valence-electron chi connectivity index (χ1n) is 6.46. The minimum absolute atomic E-state index is 0.0840. The second-order valence-corrected chi connectivity index (χ2v) is 4.90. The maximum Gasteiger partial charge on any atom is 0.123 e. The highest BCUT2D eigenvalue weighted by molar-refractivity contribution is 5.32. The van der Waals surface area contributed by atoms with Crippen molar-refractivity contribution in [2.75, 3.05) is 20.6 Å². The van der Waals surface area contributed by atoms with Crippen LogP contribution in [0.5, 0.6) is 5.75 Å². The molecule has 0 radical (unpaired) electrons. The number of nitrogens with zero attached hydrogens (tertiary/aromatic N) is 1. The molecule has 0 amide bonds. The average Bonchev–Trinajstić information content (AvgIpc) is 2.91. The van der Waals surface area contributed by atoms with Crippen molar-refractivity contribution >= 4 is 0 Å². The highest BCUT2D eigenvalue weighted by atomic mass is 19.1. The Morgan fingerprint density at radius 2 is 2.15 bits per heavy atom. The quantitative estimate of drug-likeness (QED) is 0.852. The second kappa shape index (κ2) is 6.54. The van der Waals surface area contributed by atoms with E-state index in [-0.39, 0.29) is 17.6 Å². The molecular weight excluding hydrogens is 259 g/mol. The predicted molar refractivity (Wildman–Crippen MR) is 74.9 cm³/mol. The second-order valence-electron chi connectivity index (χ2n) is 4.90. The van der Waals surface area contributed by atoms with Crippen molar-refractivity contribution in [3.8, 4) is 5.75 Å². The third-order valence-corrected chi connectivity index (χ3v) is 3.19. The van der Waals surface area contributed by atoms with Crippen LogP contribution in [0.2, 0.25) is 0 Å². The van der Waals surface area contributed by atoms with Crippen molar-refractivity contribution in [1.82, 2.24) is 10.2 Å². The minimum atomic E-state index is -0.352. The van der Waals surface area contributed by atoms with Gasteiger partial charge in [0.1, 0.15) is 17.3 Å². The number of phenolic OH excluding ortho intramolecular Hbond substituents is 1. The number of rotatable bonds is 6. The molecule has 0 aliphatic heterocycles. The Bertz CT molecular complexity index is 541. The van der Waals surface area contributed by atoms with E-state index in [4.69, 9.17) is 4.42 Å². The molecule has 0 aliphatic carbocycles. The summed E-state index contributed by atoms with van der Waals surface area (Å²) in [5.41, 5.74) is 0.543. The van der Waals surface area contributed by atoms with Crippen molar-refractivity contribution in [2.45, 2.75) is 12.6 Å². The first-order valence-corrected chi connectivity index (χ1v) is 6.46. The van der Waals surface area contributed by atoms with Gasteiger partial charge in [0, 0.05) is 18.7 Å². The van der Waals surface area contributed by atoms with Crippen LogP contribution >= 0.6 is 0 Å². The van der Waals surface area contributed by atoms with E-state index in [9.17, 15) is 9.50 Å². The van der Waals surface area contributed by atoms with Crippen LogP contribution in [0, 0.1) is 5.82 Å². The van der Waals surface area contributed by atoms with Gasteiger partial charge in [-0.2, -0.15) is 0 Å². The van der Waals surface area contributed by atoms with E-state index in [2.05, 4.69) is 5.32 Å². The summed E-state index contributed by atoms with van der Waals surface area (Å²) in [5.74, 6) is 0.610. The molecule has 1 aromatic carbocycles. The molecule has 1 atom stereocenters. The monoisotopic (exact) mass is 278 g/mol. The number of hydrogen-bond acceptors (Lipinski definition) is 4. The zero-order valence-electron chi connectivity index (χ0n) is 11.6. The maximum absolute atomic E-state index is 13.1. The molecule has 20 heavy (non-hydrogen) atoms. The summed E-state index contributed by atoms with van der Waals surface area (Å²) < 4.78 is 18.5. The van der Waals surface area contributed by atoms with Gasteiger partial charge >= 0.3 is 0 Å². The van der Waals surface area contributed by atoms with Crippen LogP contribution in [0.15, 0.2) is 41.0 Å². The molecule has 0 spiro atoms. The molecule has 2 rings (SSSR count). The summed E-state index contributed by atoms with van der Waals surface area (Å²) in [6.07, 6.45) is 1.64. The highest BCUT2D eigenvalue weighted by Gasteiger charge is 2.16. The van der Waals surface area contributed by atoms with Gasteiger partial charge in [-0.15, -0.1) is 0 Å². The SMILES string of the molecule is CN(C)C(CNCc1cc(F)ccc1O)c1ccco1. The Kier molecular flexibility index (Phi) is 4.76. The molecule has 0 saturated carbocycles. The number of aromatic hydroxyl groups is 1. The molecule has 108 valence electrons. The van der Waals surface area contributed by atoms with Crippen LogP contribution in [-0.2, 0) is 6.54 Å². The molecule has 0 saturated heterocycles. The molecular formula is C15H19FN2O2. The van der Waals surface area contributed by atoms with Gasteiger partial charge in [-0.25, -0.2) is 4.39 Å². The van der Waals surface area contributed by atoms with Gasteiger partial charge in [-0.05, 0) is 44.4 Å². The van der Waals surface area contributed by atoms with E-state index in [1.165, 1.54) is 18.2 Å². The van der Waals surface area contributed by atoms with E-state index in [0.29, 0.717) is 18.7 Å². The van der Waals surface area contributed by atoms with Crippen LogP contribution in [-0.4, -0.2) is 30.6 Å². The smallest absolute Gasteiger partial charge is 0.123 e. The summed E-state index contributed by atoms with van der Waals surface area (Å²) in [5, 5.41) is 12.9. The highest BCUT2D eigenvalue weighted by Crippen LogP contribution is 2.20. The van der Waals surface area contributed by atoms with Crippen LogP contribution in [0.1, 0.15) is 17.4 Å². The van der Waals surface area contributed by atoms with Gasteiger partial charge in [0.2, 0.25) is 0 Å². The van der Waals surface area contributed by atoms with E-state index in [1.54, 1.807) is 6.26 Å². The standard InChI is InChI=1S/C15H19FN2O2/c1-18(2)13(15-4-3-7-20-15)10-17-9-11-8-12(16)5-6-14(11)19/h3-8,13,17,19H,9-10H2,1-2H3. The summed E-state index contributed by atoms with van der Waals surface area (Å²) in [7, 11) is 3.93. The normalized spacial score (nSPS) is 12.8. The Labute approximate surface area is 117 Å². The maximum atomic E-state index is 13.1. The van der Waals surface area contributed by atoms with Gasteiger partial charge in [-0.3, -0.25) is 4.90 Å². The number of nitrogens with one attached hydrogen (secondary N) is 1. The summed E-state index contributed by atoms with van der Waals surface area (Å²) in [6, 6.07) is 7.80. The first-order chi connectivity index (χ1) is 9.58. The first kappa shape index (κ1) is 14.6. The summed E-state index contributed by atoms with van der Waals surface area (Å²) in [4.78, 5) is 2.04. The summed E-state index contributed by atoms with van der Waals surface area (Å²) >= 11 is 0. The van der Waals surface area contributed by atoms with Gasteiger partial charge in [-0.1, -0.05) is 0 Å². The number of hydrogen-bond donors (Lipinski definition) is 2. The Morgan fingerprint density at radius 3 is 2.80 bits per heavy atom. The number of likely N-dealkylation sites (N-methyl/N-ethyl adjacent to an activating group) is 1. The Hall–Kier alpha value is -1.85. The third-order valence-electron chi connectivity index (χ3n) is 3.19. The van der Waals surface area contributed by atoms with E-state index in [1.807, 2.05) is 31.1 Å². The van der Waals surface area contributed by atoms with E-state index >= 15 is 0 Å². The largest absolute Gasteiger partial charge is 0.508 e. The predicted octanol–water partition coefficient (Wildman–Crippen LogP) is 2.52. The summed E-state index contributed by atoms with van der Waals surface area (Å²) in [6.45, 7) is 1.03. The van der Waals surface area contributed by atoms with Gasteiger partial charge in [0.05, 0.1) is 12.3 Å². The molecule has 5 heteroatoms. The zero-order valence-corrected chi connectivity index (χ0v) is 11.6. The fraction of sp³-hybridized carbons (Fsp3) is 0.333. The molecule has 0 aliphatic rings. The van der Waals surface area contributed by atoms with Crippen molar-refractivity contribution in [2.24, 2.45) is 0 Å². The molecule has 0 bridgehead atoms. The number of halogens is 1. The fourth-order valence-corrected chi connectivity index (χ4v) is 2.06. The lowest BCUT2D eigenvalue weighted by Crippen LogP contribution is -2.30. The molecule has 1 heterocycles. The Morgan fingerprint density at radius 1 is 1.35 bits per heavy atom. The number of benzene rings is 1. The average molecular weight is 278 g/mol. The van der Waals surface area contributed by atoms with Gasteiger partial charge in [0.15, 0.2) is 0 Å². The molecule has 1 aromatic heterocycles. The lowest BCUT2D eigenvalue weighted by Gasteiger charge is -2.22. The van der Waals surface area contributed by atoms with Crippen molar-refractivity contribution in [3.05, 3.63) is 53.7 Å². The van der Waals surface area contributed by atoms with Crippen LogP contribution < -0.4 is 5.32 Å². The third kappa shape index (κ3) is 3.59. The van der Waals surface area contributed by atoms with Crippen LogP contribution in [0.25, 0.3) is 0 Å². The van der Waals surface area contributed by atoms with Crippen LogP contribution in [0.4, 0.5) is 4.39 Å². The fourth-order valence-electron chi connectivity index (χ4n) is 2.06. The minimum Gasteiger partial charge on any atom is -0.508 e. The Balaban J connectivity index is 1.95. The van der Waals surface area contributed by atoms with Crippen molar-refractivity contribution in [1.29, 1.82) is 0 Å². The van der Waals surface area contributed by atoms with Crippen molar-refractivity contribution < 1.29 is 13.9 Å². The topological polar surface area (TPSA) is 48.6 Å². The molecule has 2 N–H and O–H groups in total. The van der Waals surface area contributed by atoms with Crippen LogP contribution in [0.3, 0.4) is 0 Å². The zero-order chi connectivity index (χ0) is 14.5. The number of phenols is 1. The van der Waals surface area contributed by atoms with E-state index in [0.717, 1.165) is 5.76 Å². The molecule has 2 aromatic rings. The van der Waals surface area contributed by atoms with Crippen molar-refractivity contribution in [3.63, 3.8) is 0 Å². The lowest BCUT2D eigenvalue weighted by atomic mass is 10.1. The van der Waals surface area contributed by atoms with E-state index < -0.39 is 0 Å². The van der Waals surface area contributed by atoms with Gasteiger partial charge in [0.25, 0.3) is 0 Å². The molecule has 0 fully saturated rings. The molecule has 4 nitrogen and oxygen atoms in total. The number of furan rings is 1. The van der Waals surface area contributed by atoms with Gasteiger partial charge < -0.3 is 14.8 Å². The lowest BCUT2D eigenvalue weighted by molar-refractivity contribution is 0.250.